The van der Waals surface area contributed by atoms with E-state index in [9.17, 15) is 29.4 Å². The van der Waals surface area contributed by atoms with E-state index >= 15 is 0 Å². The average Bonchev–Trinajstić information content (AvgIpc) is 3.79. The van der Waals surface area contributed by atoms with Crippen molar-refractivity contribution in [3.8, 4) is 0 Å². The van der Waals surface area contributed by atoms with Gasteiger partial charge in [-0.1, -0.05) is 58.4 Å². The molecule has 0 aromatic carbocycles. The standard InChI is InChI=1S/C40H73N11O6/c1-10-39(7,35(56)45-23-31(3)53)27-38(6,29-42-18-20-51-25-32(47-49-51)15-14-22-52)28-40(8,36(57)43-17-13-11-12-16-33(54)41-9)26-37(4,5)34(55)44-19-21-50-24-30(2)46-48-50/h24-25,31,42,52-53H,10-23,26-29H2,1-9H3,(H,41,54)(H,43,57)(H,44,55)(H,45,56). The first-order valence-electron chi connectivity index (χ1n) is 20.6. The largest absolute Gasteiger partial charge is 0.396 e. The van der Waals surface area contributed by atoms with Crippen molar-refractivity contribution in [2.24, 2.45) is 21.7 Å². The van der Waals surface area contributed by atoms with Gasteiger partial charge in [-0.15, -0.1) is 10.2 Å². The molecule has 4 amide bonds. The Morgan fingerprint density at radius 1 is 0.789 bits per heavy atom. The Kier molecular flexibility index (Phi) is 20.2. The number of nitrogens with one attached hydrogen (secondary N) is 5. The molecule has 0 spiro atoms. The van der Waals surface area contributed by atoms with Gasteiger partial charge < -0.3 is 36.8 Å². The van der Waals surface area contributed by atoms with E-state index < -0.39 is 27.8 Å². The first-order valence-corrected chi connectivity index (χ1v) is 20.6. The van der Waals surface area contributed by atoms with Gasteiger partial charge >= 0.3 is 0 Å². The maximum Gasteiger partial charge on any atom is 0.226 e. The van der Waals surface area contributed by atoms with Crippen LogP contribution in [0.2, 0.25) is 0 Å². The van der Waals surface area contributed by atoms with Crippen molar-refractivity contribution < 1.29 is 29.4 Å². The summed E-state index contributed by atoms with van der Waals surface area (Å²) in [7, 11) is 1.62. The van der Waals surface area contributed by atoms with Gasteiger partial charge in [-0.05, 0) is 70.6 Å². The smallest absolute Gasteiger partial charge is 0.226 e. The van der Waals surface area contributed by atoms with E-state index in [-0.39, 0.29) is 43.2 Å². The van der Waals surface area contributed by atoms with Crippen LogP contribution < -0.4 is 26.6 Å². The van der Waals surface area contributed by atoms with Crippen LogP contribution in [0.5, 0.6) is 0 Å². The SMILES string of the molecule is CCC(C)(CC(C)(CNCCn1cc(CCCO)nn1)CC(C)(CC(C)(C)C(=O)NCCn1cc(C)nn1)C(=O)NCCCCCC(=O)NC)C(=O)NCC(C)O. The number of carbonyl (C=O) groups excluding carboxylic acids is 4. The van der Waals surface area contributed by atoms with Gasteiger partial charge in [-0.3, -0.25) is 28.5 Å². The number of aliphatic hydroxyl groups is 2. The van der Waals surface area contributed by atoms with Crippen LogP contribution in [-0.2, 0) is 38.7 Å². The number of rotatable bonds is 29. The number of unbranched alkanes of at least 4 members (excludes halogenated alkanes) is 2. The fourth-order valence-corrected chi connectivity index (χ4v) is 7.73. The van der Waals surface area contributed by atoms with Crippen molar-refractivity contribution >= 4 is 23.6 Å². The van der Waals surface area contributed by atoms with Crippen molar-refractivity contribution in [3.05, 3.63) is 23.8 Å². The lowest BCUT2D eigenvalue weighted by molar-refractivity contribution is -0.139. The predicted octanol–water partition coefficient (Wildman–Crippen LogP) is 2.05. The average molecular weight is 804 g/mol. The molecular weight excluding hydrogens is 731 g/mol. The highest BCUT2D eigenvalue weighted by Gasteiger charge is 2.48. The van der Waals surface area contributed by atoms with Crippen molar-refractivity contribution in [2.75, 3.05) is 46.4 Å². The van der Waals surface area contributed by atoms with E-state index in [0.29, 0.717) is 90.6 Å². The molecule has 57 heavy (non-hydrogen) atoms. The molecular formula is C40H73N11O6. The van der Waals surface area contributed by atoms with Crippen LogP contribution in [0.25, 0.3) is 0 Å². The van der Waals surface area contributed by atoms with Crippen LogP contribution in [-0.4, -0.2) is 116 Å². The third-order valence-electron chi connectivity index (χ3n) is 10.7. The minimum Gasteiger partial charge on any atom is -0.396 e. The van der Waals surface area contributed by atoms with Crippen LogP contribution >= 0.6 is 0 Å². The van der Waals surface area contributed by atoms with Gasteiger partial charge in [0, 0.05) is 81.4 Å². The normalized spacial score (nSPS) is 15.5. The fraction of sp³-hybridized carbons (Fsp3) is 0.800. The molecule has 0 bridgehead atoms. The number of amides is 4. The predicted molar refractivity (Wildman–Crippen MR) is 219 cm³/mol. The molecule has 0 saturated heterocycles. The van der Waals surface area contributed by atoms with Gasteiger partial charge in [0.2, 0.25) is 23.6 Å². The van der Waals surface area contributed by atoms with Crippen LogP contribution in [0.3, 0.4) is 0 Å². The molecule has 0 radical (unpaired) electrons. The number of aliphatic hydroxyl groups excluding tert-OH is 2. The number of carbonyl (C=O) groups is 4. The highest BCUT2D eigenvalue weighted by atomic mass is 16.3. The minimum atomic E-state index is -1.04. The molecule has 7 N–H and O–H groups in total. The second kappa shape index (κ2) is 23.4. The van der Waals surface area contributed by atoms with Crippen molar-refractivity contribution in [3.63, 3.8) is 0 Å². The summed E-state index contributed by atoms with van der Waals surface area (Å²) in [5.74, 6) is -0.539. The Labute approximate surface area is 339 Å². The zero-order chi connectivity index (χ0) is 42.7. The van der Waals surface area contributed by atoms with Crippen molar-refractivity contribution in [1.29, 1.82) is 0 Å². The van der Waals surface area contributed by atoms with E-state index in [1.54, 1.807) is 23.3 Å². The van der Waals surface area contributed by atoms with E-state index in [1.165, 1.54) is 0 Å². The lowest BCUT2D eigenvalue weighted by atomic mass is 9.61. The van der Waals surface area contributed by atoms with E-state index in [0.717, 1.165) is 17.8 Å². The maximum atomic E-state index is 14.5. The summed E-state index contributed by atoms with van der Waals surface area (Å²) in [6.07, 6.45) is 8.40. The molecule has 0 aliphatic rings. The van der Waals surface area contributed by atoms with Gasteiger partial charge in [0.25, 0.3) is 0 Å². The highest BCUT2D eigenvalue weighted by molar-refractivity contribution is 5.86. The first-order chi connectivity index (χ1) is 26.8. The summed E-state index contributed by atoms with van der Waals surface area (Å²) in [4.78, 5) is 53.7. The second-order valence-corrected chi connectivity index (χ2v) is 17.4. The summed E-state index contributed by atoms with van der Waals surface area (Å²) in [5.41, 5.74) is -1.85. The molecule has 2 rings (SSSR count). The molecule has 4 unspecified atom stereocenters. The Bertz CT molecular complexity index is 1540. The fourth-order valence-electron chi connectivity index (χ4n) is 7.73. The quantitative estimate of drug-likeness (QED) is 0.0589. The van der Waals surface area contributed by atoms with Crippen molar-refractivity contribution in [1.82, 2.24) is 56.6 Å². The van der Waals surface area contributed by atoms with Crippen LogP contribution in [0.4, 0.5) is 0 Å². The molecule has 324 valence electrons. The molecule has 0 saturated carbocycles. The van der Waals surface area contributed by atoms with E-state index in [2.05, 4.69) is 54.1 Å². The Morgan fingerprint density at radius 2 is 1.42 bits per heavy atom. The molecule has 0 aliphatic heterocycles. The molecule has 17 nitrogen and oxygen atoms in total. The van der Waals surface area contributed by atoms with Gasteiger partial charge in [-0.2, -0.15) is 0 Å². The third-order valence-corrected chi connectivity index (χ3v) is 10.7. The number of aryl methyl sites for hydroxylation is 2. The highest BCUT2D eigenvalue weighted by Crippen LogP contribution is 2.48. The molecule has 17 heteroatoms. The lowest BCUT2D eigenvalue weighted by Gasteiger charge is -2.45. The molecule has 0 fully saturated rings. The minimum absolute atomic E-state index is 0.0147. The topological polar surface area (TPSA) is 230 Å². The Hall–Kier alpha value is -3.96. The number of nitrogens with zero attached hydrogens (tertiary/aromatic N) is 6. The van der Waals surface area contributed by atoms with Gasteiger partial charge in [0.15, 0.2) is 0 Å². The second-order valence-electron chi connectivity index (χ2n) is 17.4. The molecule has 0 aliphatic carbocycles. The first kappa shape index (κ1) is 49.2. The maximum absolute atomic E-state index is 14.5. The summed E-state index contributed by atoms with van der Waals surface area (Å²) < 4.78 is 3.43. The zero-order valence-electron chi connectivity index (χ0n) is 36.2. The molecule has 2 aromatic heterocycles. The number of aromatic nitrogens is 6. The monoisotopic (exact) mass is 804 g/mol. The number of hydrogen-bond acceptors (Lipinski definition) is 11. The molecule has 2 aromatic rings. The summed E-state index contributed by atoms with van der Waals surface area (Å²) >= 11 is 0. The zero-order valence-corrected chi connectivity index (χ0v) is 36.2. The third kappa shape index (κ3) is 17.2. The molecule has 4 atom stereocenters. The van der Waals surface area contributed by atoms with Crippen LogP contribution in [0.1, 0.15) is 118 Å². The summed E-state index contributed by atoms with van der Waals surface area (Å²) in [6, 6.07) is 0. The van der Waals surface area contributed by atoms with Gasteiger partial charge in [0.1, 0.15) is 0 Å². The number of hydrogen-bond donors (Lipinski definition) is 7. The van der Waals surface area contributed by atoms with E-state index in [4.69, 9.17) is 0 Å². The summed E-state index contributed by atoms with van der Waals surface area (Å²) in [5, 5.41) is 51.0. The molecule has 2 heterocycles. The van der Waals surface area contributed by atoms with Gasteiger partial charge in [-0.25, -0.2) is 0 Å². The van der Waals surface area contributed by atoms with Crippen molar-refractivity contribution in [2.45, 2.75) is 139 Å². The lowest BCUT2D eigenvalue weighted by Crippen LogP contribution is -2.51. The van der Waals surface area contributed by atoms with Crippen LogP contribution in [0, 0.1) is 28.6 Å². The Morgan fingerprint density at radius 3 is 2.05 bits per heavy atom. The summed E-state index contributed by atoms with van der Waals surface area (Å²) in [6.45, 7) is 18.1. The van der Waals surface area contributed by atoms with Crippen LogP contribution in [0.15, 0.2) is 12.4 Å². The Balaban J connectivity index is 2.38. The van der Waals surface area contributed by atoms with Gasteiger partial charge in [0.05, 0.1) is 30.6 Å². The van der Waals surface area contributed by atoms with E-state index in [1.807, 2.05) is 53.9 Å².